The first kappa shape index (κ1) is 16.3. The van der Waals surface area contributed by atoms with Crippen LogP contribution in [0, 0.1) is 0 Å². The van der Waals surface area contributed by atoms with Crippen molar-refractivity contribution in [1.29, 1.82) is 0 Å². The van der Waals surface area contributed by atoms with Crippen LogP contribution >= 0.6 is 0 Å². The zero-order valence-corrected chi connectivity index (χ0v) is 14.5. The Morgan fingerprint density at radius 1 is 0.846 bits per heavy atom. The minimum atomic E-state index is 0.554. The molecular weight excluding hydrogens is 326 g/mol. The Hall–Kier alpha value is -3.22. The molecule has 0 spiro atoms. The molecule has 132 valence electrons. The van der Waals surface area contributed by atoms with E-state index in [2.05, 4.69) is 47.4 Å². The monoisotopic (exact) mass is 347 g/mol. The first-order valence-corrected chi connectivity index (χ1v) is 8.77. The average Bonchev–Trinajstić information content (AvgIpc) is 2.74. The summed E-state index contributed by atoms with van der Waals surface area (Å²) in [6.45, 7) is 4.27. The average molecular weight is 347 g/mol. The summed E-state index contributed by atoms with van der Waals surface area (Å²) < 4.78 is 0. The Labute approximate surface area is 152 Å². The molecule has 0 bridgehead atoms. The van der Waals surface area contributed by atoms with E-state index in [-0.39, 0.29) is 0 Å². The van der Waals surface area contributed by atoms with Gasteiger partial charge in [0.1, 0.15) is 5.82 Å². The Balaban J connectivity index is 1.36. The molecule has 2 aromatic heterocycles. The summed E-state index contributed by atoms with van der Waals surface area (Å²) in [6, 6.07) is 16.2. The van der Waals surface area contributed by atoms with E-state index in [1.54, 1.807) is 6.20 Å². The van der Waals surface area contributed by atoms with Gasteiger partial charge in [0.2, 0.25) is 5.95 Å². The molecule has 7 heteroatoms. The van der Waals surface area contributed by atoms with E-state index in [1.807, 2.05) is 42.6 Å². The lowest BCUT2D eigenvalue weighted by Crippen LogP contribution is -2.47. The minimum absolute atomic E-state index is 0.554. The lowest BCUT2D eigenvalue weighted by atomic mass is 10.2. The van der Waals surface area contributed by atoms with Gasteiger partial charge in [-0.3, -0.25) is 0 Å². The van der Waals surface area contributed by atoms with Gasteiger partial charge < -0.3 is 15.1 Å². The molecule has 3 aromatic rings. The second-order valence-electron chi connectivity index (χ2n) is 6.14. The highest BCUT2D eigenvalue weighted by Gasteiger charge is 2.19. The minimum Gasteiger partial charge on any atom is -0.353 e. The third-order valence-corrected chi connectivity index (χ3v) is 4.42. The van der Waals surface area contributed by atoms with Crippen LogP contribution in [0.1, 0.15) is 5.56 Å². The molecule has 26 heavy (non-hydrogen) atoms. The number of nitrogens with zero attached hydrogens (tertiary/aromatic N) is 6. The largest absolute Gasteiger partial charge is 0.353 e. The van der Waals surface area contributed by atoms with Crippen molar-refractivity contribution in [2.24, 2.45) is 0 Å². The molecule has 1 saturated heterocycles. The lowest BCUT2D eigenvalue weighted by Gasteiger charge is -2.35. The molecule has 0 atom stereocenters. The SMILES string of the molecule is c1ccc(CNc2nncc(N3CCN(c4ccccn4)CC3)n2)cc1. The highest BCUT2D eigenvalue weighted by atomic mass is 15.3. The maximum atomic E-state index is 4.62. The molecule has 1 aromatic carbocycles. The molecule has 0 amide bonds. The van der Waals surface area contributed by atoms with E-state index in [0.717, 1.165) is 37.8 Å². The number of anilines is 3. The summed E-state index contributed by atoms with van der Waals surface area (Å²) in [5.74, 6) is 2.44. The van der Waals surface area contributed by atoms with Crippen LogP contribution in [-0.4, -0.2) is 46.3 Å². The van der Waals surface area contributed by atoms with Gasteiger partial charge in [-0.2, -0.15) is 10.1 Å². The predicted molar refractivity (Wildman–Crippen MR) is 102 cm³/mol. The maximum Gasteiger partial charge on any atom is 0.244 e. The molecule has 7 nitrogen and oxygen atoms in total. The van der Waals surface area contributed by atoms with Gasteiger partial charge >= 0.3 is 0 Å². The number of pyridine rings is 1. The van der Waals surface area contributed by atoms with Crippen molar-refractivity contribution in [2.75, 3.05) is 41.3 Å². The Morgan fingerprint density at radius 2 is 1.58 bits per heavy atom. The zero-order valence-electron chi connectivity index (χ0n) is 14.5. The van der Waals surface area contributed by atoms with Crippen molar-refractivity contribution in [1.82, 2.24) is 20.2 Å². The van der Waals surface area contributed by atoms with E-state index >= 15 is 0 Å². The molecule has 4 rings (SSSR count). The first-order valence-electron chi connectivity index (χ1n) is 8.77. The van der Waals surface area contributed by atoms with Crippen LogP contribution in [0.5, 0.6) is 0 Å². The van der Waals surface area contributed by atoms with Gasteiger partial charge in [0.25, 0.3) is 0 Å². The standard InChI is InChI=1S/C19H21N7/c1-2-6-16(7-3-1)14-21-19-23-18(15-22-24-19)26-12-10-25(11-13-26)17-8-4-5-9-20-17/h1-9,15H,10-14H2,(H,21,23,24). The van der Waals surface area contributed by atoms with Crippen molar-refractivity contribution in [3.63, 3.8) is 0 Å². The van der Waals surface area contributed by atoms with Crippen LogP contribution in [0.15, 0.2) is 60.9 Å². The van der Waals surface area contributed by atoms with Crippen molar-refractivity contribution in [2.45, 2.75) is 6.54 Å². The molecule has 0 unspecified atom stereocenters. The van der Waals surface area contributed by atoms with Crippen LogP contribution < -0.4 is 15.1 Å². The highest BCUT2D eigenvalue weighted by Crippen LogP contribution is 2.17. The number of nitrogens with one attached hydrogen (secondary N) is 1. The van der Waals surface area contributed by atoms with Crippen LogP contribution in [0.25, 0.3) is 0 Å². The normalized spacial score (nSPS) is 14.3. The van der Waals surface area contributed by atoms with E-state index < -0.39 is 0 Å². The topological polar surface area (TPSA) is 70.1 Å². The summed E-state index contributed by atoms with van der Waals surface area (Å²) in [6.07, 6.45) is 3.56. The molecular formula is C19H21N7. The Morgan fingerprint density at radius 3 is 2.31 bits per heavy atom. The predicted octanol–water partition coefficient (Wildman–Crippen LogP) is 2.21. The summed E-state index contributed by atoms with van der Waals surface area (Å²) in [5, 5.41) is 11.4. The van der Waals surface area contributed by atoms with Gasteiger partial charge in [-0.25, -0.2) is 4.98 Å². The van der Waals surface area contributed by atoms with Crippen LogP contribution in [0.3, 0.4) is 0 Å². The number of aromatic nitrogens is 4. The van der Waals surface area contributed by atoms with Gasteiger partial charge in [0, 0.05) is 38.9 Å². The number of benzene rings is 1. The molecule has 1 N–H and O–H groups in total. The zero-order chi connectivity index (χ0) is 17.6. The smallest absolute Gasteiger partial charge is 0.244 e. The van der Waals surface area contributed by atoms with Gasteiger partial charge in [-0.1, -0.05) is 36.4 Å². The summed E-state index contributed by atoms with van der Waals surface area (Å²) in [4.78, 5) is 13.6. The number of hydrogen-bond acceptors (Lipinski definition) is 7. The molecule has 1 aliphatic heterocycles. The summed E-state index contributed by atoms with van der Waals surface area (Å²) in [5.41, 5.74) is 1.19. The van der Waals surface area contributed by atoms with Gasteiger partial charge in [-0.15, -0.1) is 5.10 Å². The van der Waals surface area contributed by atoms with Crippen molar-refractivity contribution >= 4 is 17.6 Å². The fraction of sp³-hybridized carbons (Fsp3) is 0.263. The van der Waals surface area contributed by atoms with Gasteiger partial charge in [0.05, 0.1) is 6.20 Å². The number of piperazine rings is 1. The molecule has 1 aliphatic rings. The fourth-order valence-electron chi connectivity index (χ4n) is 3.00. The van der Waals surface area contributed by atoms with Crippen molar-refractivity contribution in [3.8, 4) is 0 Å². The van der Waals surface area contributed by atoms with Crippen molar-refractivity contribution in [3.05, 3.63) is 66.5 Å². The fourth-order valence-corrected chi connectivity index (χ4v) is 3.00. The second kappa shape index (κ2) is 7.77. The Kier molecular flexibility index (Phi) is 4.86. The van der Waals surface area contributed by atoms with Crippen molar-refractivity contribution < 1.29 is 0 Å². The number of rotatable bonds is 5. The van der Waals surface area contributed by atoms with Crippen LogP contribution in [0.2, 0.25) is 0 Å². The molecule has 1 fully saturated rings. The molecule has 3 heterocycles. The third-order valence-electron chi connectivity index (χ3n) is 4.42. The third kappa shape index (κ3) is 3.88. The molecule has 0 radical (unpaired) electrons. The summed E-state index contributed by atoms with van der Waals surface area (Å²) >= 11 is 0. The first-order chi connectivity index (χ1) is 12.9. The maximum absolute atomic E-state index is 4.62. The van der Waals surface area contributed by atoms with E-state index in [0.29, 0.717) is 12.5 Å². The van der Waals surface area contributed by atoms with E-state index in [1.165, 1.54) is 5.56 Å². The van der Waals surface area contributed by atoms with Gasteiger partial charge in [0.15, 0.2) is 5.82 Å². The van der Waals surface area contributed by atoms with Crippen LogP contribution in [0.4, 0.5) is 17.6 Å². The molecule has 0 aliphatic carbocycles. The van der Waals surface area contributed by atoms with E-state index in [4.69, 9.17) is 0 Å². The van der Waals surface area contributed by atoms with Gasteiger partial charge in [-0.05, 0) is 17.7 Å². The quantitative estimate of drug-likeness (QED) is 0.759. The molecule has 0 saturated carbocycles. The highest BCUT2D eigenvalue weighted by molar-refractivity contribution is 5.45. The summed E-state index contributed by atoms with van der Waals surface area (Å²) in [7, 11) is 0. The van der Waals surface area contributed by atoms with Crippen LogP contribution in [-0.2, 0) is 6.54 Å². The number of hydrogen-bond donors (Lipinski definition) is 1. The lowest BCUT2D eigenvalue weighted by molar-refractivity contribution is 0.639. The Bertz CT molecular complexity index is 818. The van der Waals surface area contributed by atoms with E-state index in [9.17, 15) is 0 Å². The second-order valence-corrected chi connectivity index (χ2v) is 6.14.